The van der Waals surface area contributed by atoms with Gasteiger partial charge in [-0.05, 0) is 23.9 Å². The predicted molar refractivity (Wildman–Crippen MR) is 80.6 cm³/mol. The number of aryl methyl sites for hydroxylation is 1. The lowest BCUT2D eigenvalue weighted by Gasteiger charge is -2.08. The van der Waals surface area contributed by atoms with Crippen molar-refractivity contribution in [2.45, 2.75) is 13.0 Å². The molecule has 0 atom stereocenters. The molecule has 7 nitrogen and oxygen atoms in total. The number of anilines is 2. The first-order valence-electron chi connectivity index (χ1n) is 6.30. The maximum Gasteiger partial charge on any atom is 0.240 e. The number of nitrogen functional groups attached to an aromatic ring is 1. The van der Waals surface area contributed by atoms with Crippen molar-refractivity contribution in [3.05, 3.63) is 29.9 Å². The van der Waals surface area contributed by atoms with Crippen LogP contribution in [0.4, 0.5) is 11.8 Å². The van der Waals surface area contributed by atoms with Crippen molar-refractivity contribution in [2.75, 3.05) is 17.3 Å². The highest BCUT2D eigenvalue weighted by atomic mass is 32.1. The molecule has 0 saturated heterocycles. The lowest BCUT2D eigenvalue weighted by atomic mass is 10.3. The third-order valence-corrected chi connectivity index (χ3v) is 3.68. The number of nitrogens with zero attached hydrogens (tertiary/aromatic N) is 4. The summed E-state index contributed by atoms with van der Waals surface area (Å²) in [6.45, 7) is 1.69. The van der Waals surface area contributed by atoms with E-state index >= 15 is 0 Å². The fraction of sp³-hybridized carbons (Fsp3) is 0.250. The molecule has 0 spiro atoms. The van der Waals surface area contributed by atoms with Crippen LogP contribution in [0.3, 0.4) is 0 Å². The Morgan fingerprint density at radius 3 is 3.10 bits per heavy atom. The van der Waals surface area contributed by atoms with Crippen LogP contribution in [-0.2, 0) is 6.54 Å². The number of rotatable bonds is 6. The van der Waals surface area contributed by atoms with Gasteiger partial charge in [0.15, 0.2) is 0 Å². The van der Waals surface area contributed by atoms with E-state index in [4.69, 9.17) is 5.84 Å². The molecule has 0 aliphatic heterocycles. The van der Waals surface area contributed by atoms with Gasteiger partial charge >= 0.3 is 0 Å². The summed E-state index contributed by atoms with van der Waals surface area (Å²) in [5, 5.41) is 10.5. The molecular formula is C12H15N7S. The molecule has 0 aromatic carbocycles. The van der Waals surface area contributed by atoms with E-state index in [1.165, 1.54) is 0 Å². The number of thiophene rings is 1. The van der Waals surface area contributed by atoms with Crippen molar-refractivity contribution >= 4 is 33.3 Å². The Morgan fingerprint density at radius 1 is 1.35 bits per heavy atom. The molecule has 20 heavy (non-hydrogen) atoms. The number of nitrogens with two attached hydrogens (primary N) is 1. The summed E-state index contributed by atoms with van der Waals surface area (Å²) in [5.74, 6) is 6.62. The Kier molecular flexibility index (Phi) is 3.75. The molecule has 3 heterocycles. The Hall–Kier alpha value is -2.19. The monoisotopic (exact) mass is 289 g/mol. The molecule has 0 aliphatic rings. The average molecular weight is 289 g/mol. The van der Waals surface area contributed by atoms with Gasteiger partial charge in [-0.1, -0.05) is 0 Å². The molecule has 0 amide bonds. The highest BCUT2D eigenvalue weighted by Crippen LogP contribution is 2.26. The van der Waals surface area contributed by atoms with Gasteiger partial charge in [-0.2, -0.15) is 10.1 Å². The zero-order chi connectivity index (χ0) is 13.8. The van der Waals surface area contributed by atoms with Crippen molar-refractivity contribution in [2.24, 2.45) is 5.84 Å². The first-order chi connectivity index (χ1) is 9.86. The van der Waals surface area contributed by atoms with E-state index in [-0.39, 0.29) is 0 Å². The van der Waals surface area contributed by atoms with Crippen LogP contribution in [0.15, 0.2) is 29.9 Å². The van der Waals surface area contributed by atoms with Crippen molar-refractivity contribution < 1.29 is 0 Å². The van der Waals surface area contributed by atoms with Crippen molar-refractivity contribution in [1.82, 2.24) is 19.7 Å². The molecular weight excluding hydrogens is 274 g/mol. The second kappa shape index (κ2) is 5.85. The molecule has 0 fully saturated rings. The summed E-state index contributed by atoms with van der Waals surface area (Å²) in [7, 11) is 0. The van der Waals surface area contributed by atoms with Crippen LogP contribution in [-0.4, -0.2) is 26.3 Å². The fourth-order valence-corrected chi connectivity index (χ4v) is 2.70. The van der Waals surface area contributed by atoms with E-state index in [1.54, 1.807) is 17.5 Å². The molecule has 3 aromatic heterocycles. The minimum absolute atomic E-state index is 0.425. The smallest absolute Gasteiger partial charge is 0.240 e. The Bertz CT molecular complexity index is 676. The quantitative estimate of drug-likeness (QED) is 0.363. The molecule has 0 saturated carbocycles. The zero-order valence-corrected chi connectivity index (χ0v) is 11.6. The molecule has 0 unspecified atom stereocenters. The maximum atomic E-state index is 5.39. The predicted octanol–water partition coefficient (Wildman–Crippen LogP) is 1.68. The largest absolute Gasteiger partial charge is 0.369 e. The molecule has 4 N–H and O–H groups in total. The number of nitrogens with one attached hydrogen (secondary N) is 2. The van der Waals surface area contributed by atoms with Gasteiger partial charge in [-0.25, -0.2) is 10.8 Å². The standard InChI is InChI=1S/C12H15N7S/c13-18-12-16-10(9-3-8-20-11(9)17-12)14-4-1-6-19-7-2-5-15-19/h2-3,5,7-8H,1,4,6,13H2,(H2,14,16,17,18). The van der Waals surface area contributed by atoms with Crippen LogP contribution in [0.5, 0.6) is 0 Å². The molecule has 0 aliphatic carbocycles. The molecule has 0 radical (unpaired) electrons. The van der Waals surface area contributed by atoms with Gasteiger partial charge in [0.05, 0.1) is 5.39 Å². The van der Waals surface area contributed by atoms with Gasteiger partial charge in [-0.3, -0.25) is 10.1 Å². The lowest BCUT2D eigenvalue weighted by molar-refractivity contribution is 0.591. The summed E-state index contributed by atoms with van der Waals surface area (Å²) in [6.07, 6.45) is 4.70. The molecule has 8 heteroatoms. The second-order valence-corrected chi connectivity index (χ2v) is 5.12. The number of aromatic nitrogens is 4. The van der Waals surface area contributed by atoms with Crippen LogP contribution in [0, 0.1) is 0 Å². The van der Waals surface area contributed by atoms with E-state index in [0.29, 0.717) is 5.95 Å². The number of hydrogen-bond acceptors (Lipinski definition) is 7. The van der Waals surface area contributed by atoms with Crippen molar-refractivity contribution in [1.29, 1.82) is 0 Å². The van der Waals surface area contributed by atoms with Gasteiger partial charge in [0.1, 0.15) is 10.6 Å². The van der Waals surface area contributed by atoms with Crippen molar-refractivity contribution in [3.8, 4) is 0 Å². The van der Waals surface area contributed by atoms with Crippen molar-refractivity contribution in [3.63, 3.8) is 0 Å². The number of hydrogen-bond donors (Lipinski definition) is 3. The topological polar surface area (TPSA) is 93.7 Å². The first-order valence-corrected chi connectivity index (χ1v) is 7.18. The van der Waals surface area contributed by atoms with Crippen LogP contribution in [0.25, 0.3) is 10.2 Å². The summed E-state index contributed by atoms with van der Waals surface area (Å²) in [4.78, 5) is 9.57. The van der Waals surface area contributed by atoms with E-state index in [9.17, 15) is 0 Å². The first kappa shape index (κ1) is 12.8. The third-order valence-electron chi connectivity index (χ3n) is 2.87. The minimum Gasteiger partial charge on any atom is -0.369 e. The number of hydrazine groups is 1. The van der Waals surface area contributed by atoms with Gasteiger partial charge in [0, 0.05) is 25.5 Å². The van der Waals surface area contributed by atoms with Crippen LogP contribution in [0.2, 0.25) is 0 Å². The van der Waals surface area contributed by atoms with Gasteiger partial charge in [0.25, 0.3) is 0 Å². The van der Waals surface area contributed by atoms with E-state index < -0.39 is 0 Å². The maximum absolute atomic E-state index is 5.39. The van der Waals surface area contributed by atoms with E-state index in [1.807, 2.05) is 28.4 Å². The fourth-order valence-electron chi connectivity index (χ4n) is 1.94. The summed E-state index contributed by atoms with van der Waals surface area (Å²) >= 11 is 1.57. The highest BCUT2D eigenvalue weighted by Gasteiger charge is 2.07. The van der Waals surface area contributed by atoms with E-state index in [0.717, 1.165) is 35.5 Å². The van der Waals surface area contributed by atoms with Gasteiger partial charge < -0.3 is 5.32 Å². The van der Waals surface area contributed by atoms with E-state index in [2.05, 4.69) is 25.8 Å². The molecule has 3 aromatic rings. The van der Waals surface area contributed by atoms with Gasteiger partial charge in [-0.15, -0.1) is 11.3 Å². The second-order valence-electron chi connectivity index (χ2n) is 4.23. The van der Waals surface area contributed by atoms with Crippen LogP contribution >= 0.6 is 11.3 Å². The Balaban J connectivity index is 1.65. The summed E-state index contributed by atoms with van der Waals surface area (Å²) in [6, 6.07) is 3.93. The molecule has 104 valence electrons. The van der Waals surface area contributed by atoms with Gasteiger partial charge in [0.2, 0.25) is 5.95 Å². The Labute approximate surface area is 119 Å². The highest BCUT2D eigenvalue weighted by molar-refractivity contribution is 7.16. The molecule has 3 rings (SSSR count). The normalized spacial score (nSPS) is 10.8. The zero-order valence-electron chi connectivity index (χ0n) is 10.8. The average Bonchev–Trinajstić information content (AvgIpc) is 3.13. The summed E-state index contributed by atoms with van der Waals surface area (Å²) in [5.41, 5.74) is 2.49. The lowest BCUT2D eigenvalue weighted by Crippen LogP contribution is -2.13. The Morgan fingerprint density at radius 2 is 2.30 bits per heavy atom. The minimum atomic E-state index is 0.425. The SMILES string of the molecule is NNc1nc(NCCCn2cccn2)c2ccsc2n1. The van der Waals surface area contributed by atoms with Crippen LogP contribution < -0.4 is 16.6 Å². The third kappa shape index (κ3) is 2.70. The molecule has 0 bridgehead atoms. The summed E-state index contributed by atoms with van der Waals surface area (Å²) < 4.78 is 1.91. The van der Waals surface area contributed by atoms with Crippen LogP contribution in [0.1, 0.15) is 6.42 Å². The number of fused-ring (bicyclic) bond motifs is 1.